The van der Waals surface area contributed by atoms with Crippen LogP contribution in [0.1, 0.15) is 16.2 Å². The standard InChI is InChI=1S/C18H15ClN2O5/c1-23-13-7-8-15(24-2)14(9-13)18(22)25-10-16-20-21-17(26-16)11-3-5-12(19)6-4-11/h3-9H,10H2,1-2H3. The molecule has 0 aliphatic rings. The molecule has 0 saturated carbocycles. The van der Waals surface area contributed by atoms with Gasteiger partial charge < -0.3 is 18.6 Å². The Bertz CT molecular complexity index is 908. The van der Waals surface area contributed by atoms with E-state index in [1.807, 2.05) is 0 Å². The maximum absolute atomic E-state index is 12.3. The highest BCUT2D eigenvalue weighted by atomic mass is 35.5. The van der Waals surface area contributed by atoms with Crippen molar-refractivity contribution < 1.29 is 23.4 Å². The van der Waals surface area contributed by atoms with Crippen molar-refractivity contribution in [1.82, 2.24) is 10.2 Å². The van der Waals surface area contributed by atoms with Gasteiger partial charge in [0.05, 0.1) is 14.2 Å². The molecule has 3 rings (SSSR count). The minimum absolute atomic E-state index is 0.167. The van der Waals surface area contributed by atoms with Gasteiger partial charge in [0.1, 0.15) is 17.1 Å². The number of hydrogen-bond acceptors (Lipinski definition) is 7. The van der Waals surface area contributed by atoms with Crippen LogP contribution >= 0.6 is 11.6 Å². The summed E-state index contributed by atoms with van der Waals surface area (Å²) in [7, 11) is 2.97. The Morgan fingerprint density at radius 3 is 2.54 bits per heavy atom. The van der Waals surface area contributed by atoms with Crippen molar-refractivity contribution in [2.45, 2.75) is 6.61 Å². The summed E-state index contributed by atoms with van der Waals surface area (Å²) < 4.78 is 21.0. The Kier molecular flexibility index (Phi) is 5.38. The Hall–Kier alpha value is -3.06. The third kappa shape index (κ3) is 3.94. The minimum atomic E-state index is -0.591. The molecular formula is C18H15ClN2O5. The molecule has 0 saturated heterocycles. The van der Waals surface area contributed by atoms with Crippen LogP contribution in [0, 0.1) is 0 Å². The van der Waals surface area contributed by atoms with E-state index < -0.39 is 5.97 Å². The van der Waals surface area contributed by atoms with Gasteiger partial charge in [-0.3, -0.25) is 0 Å². The predicted molar refractivity (Wildman–Crippen MR) is 93.4 cm³/mol. The summed E-state index contributed by atoms with van der Waals surface area (Å²) >= 11 is 5.85. The number of nitrogens with zero attached hydrogens (tertiary/aromatic N) is 2. The van der Waals surface area contributed by atoms with Crippen molar-refractivity contribution in [2.24, 2.45) is 0 Å². The van der Waals surface area contributed by atoms with E-state index in [1.165, 1.54) is 20.3 Å². The van der Waals surface area contributed by atoms with E-state index in [0.29, 0.717) is 28.0 Å². The number of methoxy groups -OCH3 is 2. The van der Waals surface area contributed by atoms with Crippen LogP contribution in [0.15, 0.2) is 46.9 Å². The zero-order valence-corrected chi connectivity index (χ0v) is 14.8. The molecular weight excluding hydrogens is 360 g/mol. The average Bonchev–Trinajstić information content (AvgIpc) is 3.15. The lowest BCUT2D eigenvalue weighted by atomic mass is 10.2. The lowest BCUT2D eigenvalue weighted by Gasteiger charge is -2.09. The van der Waals surface area contributed by atoms with Crippen molar-refractivity contribution in [3.63, 3.8) is 0 Å². The van der Waals surface area contributed by atoms with Gasteiger partial charge >= 0.3 is 5.97 Å². The van der Waals surface area contributed by atoms with Crippen LogP contribution in [0.5, 0.6) is 11.5 Å². The Balaban J connectivity index is 1.70. The highest BCUT2D eigenvalue weighted by Gasteiger charge is 2.17. The number of esters is 1. The normalized spacial score (nSPS) is 10.4. The van der Waals surface area contributed by atoms with E-state index in [9.17, 15) is 4.79 Å². The van der Waals surface area contributed by atoms with Gasteiger partial charge in [0.15, 0.2) is 6.61 Å². The molecule has 0 radical (unpaired) electrons. The molecule has 1 aromatic heterocycles. The molecule has 3 aromatic rings. The molecule has 134 valence electrons. The first-order chi connectivity index (χ1) is 12.6. The molecule has 0 bridgehead atoms. The SMILES string of the molecule is COc1ccc(OC)c(C(=O)OCc2nnc(-c3ccc(Cl)cc3)o2)c1. The summed E-state index contributed by atoms with van der Waals surface area (Å²) in [6, 6.07) is 11.8. The minimum Gasteiger partial charge on any atom is -0.497 e. The number of benzene rings is 2. The van der Waals surface area contributed by atoms with Crippen molar-refractivity contribution in [3.05, 3.63) is 58.9 Å². The third-order valence-electron chi connectivity index (χ3n) is 3.51. The number of aromatic nitrogens is 2. The van der Waals surface area contributed by atoms with E-state index >= 15 is 0 Å². The van der Waals surface area contributed by atoms with Gasteiger partial charge in [-0.15, -0.1) is 10.2 Å². The molecule has 0 unspecified atom stereocenters. The maximum Gasteiger partial charge on any atom is 0.342 e. The molecule has 1 heterocycles. The number of rotatable bonds is 6. The highest BCUT2D eigenvalue weighted by molar-refractivity contribution is 6.30. The maximum atomic E-state index is 12.3. The molecule has 0 aliphatic carbocycles. The molecule has 0 atom stereocenters. The van der Waals surface area contributed by atoms with E-state index in [4.69, 9.17) is 30.2 Å². The van der Waals surface area contributed by atoms with Crippen LogP contribution in [0.4, 0.5) is 0 Å². The molecule has 0 aliphatic heterocycles. The van der Waals surface area contributed by atoms with Gasteiger partial charge in [0.2, 0.25) is 5.89 Å². The Labute approximate surface area is 154 Å². The van der Waals surface area contributed by atoms with Crippen LogP contribution in [0.25, 0.3) is 11.5 Å². The first-order valence-electron chi connectivity index (χ1n) is 7.58. The molecule has 0 spiro atoms. The second-order valence-corrected chi connectivity index (χ2v) is 5.59. The Morgan fingerprint density at radius 1 is 1.08 bits per heavy atom. The Morgan fingerprint density at radius 2 is 1.85 bits per heavy atom. The summed E-state index contributed by atoms with van der Waals surface area (Å²) in [6.45, 7) is -0.167. The van der Waals surface area contributed by atoms with E-state index in [-0.39, 0.29) is 18.1 Å². The zero-order valence-electron chi connectivity index (χ0n) is 14.1. The number of halogens is 1. The van der Waals surface area contributed by atoms with Crippen LogP contribution < -0.4 is 9.47 Å². The monoisotopic (exact) mass is 374 g/mol. The quantitative estimate of drug-likeness (QED) is 0.607. The van der Waals surface area contributed by atoms with Crippen LogP contribution in [0.3, 0.4) is 0 Å². The summed E-state index contributed by atoms with van der Waals surface area (Å²) in [4.78, 5) is 12.3. The van der Waals surface area contributed by atoms with Crippen molar-refractivity contribution in [2.75, 3.05) is 14.2 Å². The van der Waals surface area contributed by atoms with Crippen molar-refractivity contribution >= 4 is 17.6 Å². The first-order valence-corrected chi connectivity index (χ1v) is 7.96. The zero-order chi connectivity index (χ0) is 18.5. The van der Waals surface area contributed by atoms with Crippen molar-refractivity contribution in [3.8, 4) is 23.0 Å². The smallest absolute Gasteiger partial charge is 0.342 e. The molecule has 0 amide bonds. The summed E-state index contributed by atoms with van der Waals surface area (Å²) in [5.74, 6) is 0.785. The third-order valence-corrected chi connectivity index (χ3v) is 3.76. The summed E-state index contributed by atoms with van der Waals surface area (Å²) in [6.07, 6.45) is 0. The largest absolute Gasteiger partial charge is 0.497 e. The van der Waals surface area contributed by atoms with E-state index in [1.54, 1.807) is 36.4 Å². The molecule has 26 heavy (non-hydrogen) atoms. The topological polar surface area (TPSA) is 83.7 Å². The van der Waals surface area contributed by atoms with Gasteiger partial charge in [-0.05, 0) is 42.5 Å². The average molecular weight is 375 g/mol. The number of carbonyl (C=O) groups is 1. The molecule has 8 heteroatoms. The van der Waals surface area contributed by atoms with Gasteiger partial charge in [-0.1, -0.05) is 11.6 Å². The fraction of sp³-hybridized carbons (Fsp3) is 0.167. The van der Waals surface area contributed by atoms with Gasteiger partial charge in [-0.2, -0.15) is 0 Å². The van der Waals surface area contributed by atoms with Crippen LogP contribution in [-0.2, 0) is 11.3 Å². The van der Waals surface area contributed by atoms with Crippen molar-refractivity contribution in [1.29, 1.82) is 0 Å². The fourth-order valence-corrected chi connectivity index (χ4v) is 2.33. The van der Waals surface area contributed by atoms with Gasteiger partial charge in [-0.25, -0.2) is 4.79 Å². The lowest BCUT2D eigenvalue weighted by molar-refractivity contribution is 0.0434. The van der Waals surface area contributed by atoms with Crippen LogP contribution in [-0.4, -0.2) is 30.4 Å². The molecule has 7 nitrogen and oxygen atoms in total. The number of ether oxygens (including phenoxy) is 3. The second kappa shape index (κ2) is 7.88. The summed E-state index contributed by atoms with van der Waals surface area (Å²) in [5.41, 5.74) is 0.957. The molecule has 0 fully saturated rings. The molecule has 2 aromatic carbocycles. The molecule has 0 N–H and O–H groups in total. The predicted octanol–water partition coefficient (Wildman–Crippen LogP) is 3.76. The summed E-state index contributed by atoms with van der Waals surface area (Å²) in [5, 5.41) is 8.41. The number of hydrogen-bond donors (Lipinski definition) is 0. The van der Waals surface area contributed by atoms with Gasteiger partial charge in [0.25, 0.3) is 5.89 Å². The van der Waals surface area contributed by atoms with E-state index in [2.05, 4.69) is 10.2 Å². The van der Waals surface area contributed by atoms with Crippen LogP contribution in [0.2, 0.25) is 5.02 Å². The second-order valence-electron chi connectivity index (χ2n) is 5.15. The fourth-order valence-electron chi connectivity index (χ4n) is 2.20. The highest BCUT2D eigenvalue weighted by Crippen LogP contribution is 2.25. The van der Waals surface area contributed by atoms with Gasteiger partial charge in [0, 0.05) is 10.6 Å². The lowest BCUT2D eigenvalue weighted by Crippen LogP contribution is -2.07. The number of carbonyl (C=O) groups excluding carboxylic acids is 1. The van der Waals surface area contributed by atoms with E-state index in [0.717, 1.165) is 0 Å². The first kappa shape index (κ1) is 17.8.